The van der Waals surface area contributed by atoms with Gasteiger partial charge in [-0.25, -0.2) is 0 Å². The predicted octanol–water partition coefficient (Wildman–Crippen LogP) is 2.35. The fourth-order valence-corrected chi connectivity index (χ4v) is 2.54. The van der Waals surface area contributed by atoms with Gasteiger partial charge >= 0.3 is 0 Å². The summed E-state index contributed by atoms with van der Waals surface area (Å²) in [6.07, 6.45) is 0.0925. The molecule has 1 aliphatic rings. The van der Waals surface area contributed by atoms with Crippen LogP contribution in [0.3, 0.4) is 0 Å². The molecule has 0 unspecified atom stereocenters. The first-order chi connectivity index (χ1) is 11.0. The van der Waals surface area contributed by atoms with Crippen LogP contribution in [0.4, 0.5) is 0 Å². The number of nitrogens with one attached hydrogen (secondary N) is 1. The number of Topliss-reactive ketones (excluding diaryl/α,β-unsaturated/α-hetero) is 1. The zero-order valence-electron chi connectivity index (χ0n) is 14.6. The Kier molecular flexibility index (Phi) is 6.42. The van der Waals surface area contributed by atoms with Gasteiger partial charge in [0, 0.05) is 31.7 Å². The van der Waals surface area contributed by atoms with Crippen molar-refractivity contribution in [2.75, 3.05) is 32.7 Å². The number of carbonyl (C=O) groups excluding carboxylic acids is 1. The number of ketones is 1. The number of ether oxygens (including phenoxy) is 2. The Morgan fingerprint density at radius 3 is 2.30 bits per heavy atom. The number of carbonyl (C=O) groups is 1. The molecule has 0 atom stereocenters. The van der Waals surface area contributed by atoms with Crippen molar-refractivity contribution in [3.63, 3.8) is 0 Å². The maximum atomic E-state index is 12.5. The zero-order valence-corrected chi connectivity index (χ0v) is 14.6. The first-order valence-corrected chi connectivity index (χ1v) is 8.39. The molecule has 1 saturated heterocycles. The van der Waals surface area contributed by atoms with Gasteiger partial charge in [-0.15, -0.1) is 0 Å². The van der Waals surface area contributed by atoms with Gasteiger partial charge in [0.2, 0.25) is 0 Å². The van der Waals surface area contributed by atoms with Gasteiger partial charge in [0.15, 0.2) is 17.3 Å². The van der Waals surface area contributed by atoms with Crippen molar-refractivity contribution in [1.82, 2.24) is 10.2 Å². The molecular formula is C18H28N2O3. The highest BCUT2D eigenvalue weighted by molar-refractivity contribution is 5.98. The van der Waals surface area contributed by atoms with Crippen molar-refractivity contribution in [2.45, 2.75) is 39.9 Å². The second-order valence-electron chi connectivity index (χ2n) is 6.44. The fourth-order valence-electron chi connectivity index (χ4n) is 2.54. The van der Waals surface area contributed by atoms with Crippen LogP contribution < -0.4 is 14.8 Å². The summed E-state index contributed by atoms with van der Waals surface area (Å²) < 4.78 is 11.6. The highest BCUT2D eigenvalue weighted by atomic mass is 16.5. The maximum absolute atomic E-state index is 12.5. The molecule has 0 aromatic heterocycles. The Bertz CT molecular complexity index is 523. The van der Waals surface area contributed by atoms with Gasteiger partial charge in [-0.1, -0.05) is 0 Å². The van der Waals surface area contributed by atoms with Crippen molar-refractivity contribution < 1.29 is 14.3 Å². The first-order valence-electron chi connectivity index (χ1n) is 8.39. The monoisotopic (exact) mass is 320 g/mol. The van der Waals surface area contributed by atoms with Crippen LogP contribution in [0.1, 0.15) is 38.1 Å². The standard InChI is InChI=1S/C18H28N2O3/c1-13(2)22-17-6-5-15(11-18(17)23-14(3)4)16(21)12-20-9-7-19-8-10-20/h5-6,11,13-14,19H,7-10,12H2,1-4H3. The maximum Gasteiger partial charge on any atom is 0.176 e. The molecule has 1 aliphatic heterocycles. The molecule has 1 fully saturated rings. The van der Waals surface area contributed by atoms with Gasteiger partial charge in [-0.3, -0.25) is 9.69 Å². The molecular weight excluding hydrogens is 292 g/mol. The molecule has 1 N–H and O–H groups in total. The number of rotatable bonds is 7. The molecule has 2 rings (SSSR count). The smallest absolute Gasteiger partial charge is 0.176 e. The van der Waals surface area contributed by atoms with Crippen molar-refractivity contribution in [3.8, 4) is 11.5 Å². The van der Waals surface area contributed by atoms with E-state index >= 15 is 0 Å². The lowest BCUT2D eigenvalue weighted by molar-refractivity contribution is 0.0920. The van der Waals surface area contributed by atoms with E-state index < -0.39 is 0 Å². The second kappa shape index (κ2) is 8.31. The Balaban J connectivity index is 2.12. The van der Waals surface area contributed by atoms with E-state index in [2.05, 4.69) is 10.2 Å². The van der Waals surface area contributed by atoms with Crippen LogP contribution in [0.5, 0.6) is 11.5 Å². The van der Waals surface area contributed by atoms with Crippen LogP contribution in [-0.2, 0) is 0 Å². The minimum Gasteiger partial charge on any atom is -0.487 e. The van der Waals surface area contributed by atoms with Crippen LogP contribution in [0, 0.1) is 0 Å². The average Bonchev–Trinajstić information content (AvgIpc) is 2.49. The third-order valence-electron chi connectivity index (χ3n) is 3.57. The largest absolute Gasteiger partial charge is 0.487 e. The molecule has 0 aliphatic carbocycles. The summed E-state index contributed by atoms with van der Waals surface area (Å²) in [7, 11) is 0. The number of hydrogen-bond acceptors (Lipinski definition) is 5. The molecule has 0 bridgehead atoms. The SMILES string of the molecule is CC(C)Oc1ccc(C(=O)CN2CCNCC2)cc1OC(C)C. The highest BCUT2D eigenvalue weighted by Gasteiger charge is 2.17. The van der Waals surface area contributed by atoms with Crippen LogP contribution >= 0.6 is 0 Å². The van der Waals surface area contributed by atoms with Crippen molar-refractivity contribution in [1.29, 1.82) is 0 Å². The van der Waals surface area contributed by atoms with Crippen LogP contribution in [0.2, 0.25) is 0 Å². The fraction of sp³-hybridized carbons (Fsp3) is 0.611. The molecule has 0 saturated carbocycles. The normalized spacial score (nSPS) is 15.9. The molecule has 5 heteroatoms. The summed E-state index contributed by atoms with van der Waals surface area (Å²) in [5.74, 6) is 1.45. The lowest BCUT2D eigenvalue weighted by Crippen LogP contribution is -2.45. The third-order valence-corrected chi connectivity index (χ3v) is 3.57. The van der Waals surface area contributed by atoms with E-state index in [9.17, 15) is 4.79 Å². The molecule has 1 aromatic rings. The van der Waals surface area contributed by atoms with E-state index in [1.165, 1.54) is 0 Å². The summed E-state index contributed by atoms with van der Waals surface area (Å²) in [6, 6.07) is 5.47. The molecule has 23 heavy (non-hydrogen) atoms. The number of nitrogens with zero attached hydrogens (tertiary/aromatic N) is 1. The summed E-state index contributed by atoms with van der Waals surface area (Å²) in [4.78, 5) is 14.7. The molecule has 0 amide bonds. The van der Waals surface area contributed by atoms with E-state index in [0.717, 1.165) is 26.2 Å². The van der Waals surface area contributed by atoms with Crippen molar-refractivity contribution >= 4 is 5.78 Å². The third kappa shape index (κ3) is 5.52. The summed E-state index contributed by atoms with van der Waals surface area (Å²) in [6.45, 7) is 12.0. The van der Waals surface area contributed by atoms with Gasteiger partial charge in [0.25, 0.3) is 0 Å². The van der Waals surface area contributed by atoms with E-state index in [4.69, 9.17) is 9.47 Å². The van der Waals surface area contributed by atoms with Crippen LogP contribution in [0.15, 0.2) is 18.2 Å². The second-order valence-corrected chi connectivity index (χ2v) is 6.44. The first kappa shape index (κ1) is 17.8. The highest BCUT2D eigenvalue weighted by Crippen LogP contribution is 2.30. The lowest BCUT2D eigenvalue weighted by Gasteiger charge is -2.26. The lowest BCUT2D eigenvalue weighted by atomic mass is 10.1. The van der Waals surface area contributed by atoms with Gasteiger partial charge in [0.1, 0.15) is 0 Å². The van der Waals surface area contributed by atoms with Crippen LogP contribution in [-0.4, -0.2) is 55.6 Å². The number of benzene rings is 1. The summed E-state index contributed by atoms with van der Waals surface area (Å²) in [5.41, 5.74) is 0.676. The van der Waals surface area contributed by atoms with Gasteiger partial charge < -0.3 is 14.8 Å². The van der Waals surface area contributed by atoms with Crippen molar-refractivity contribution in [2.24, 2.45) is 0 Å². The average molecular weight is 320 g/mol. The number of piperazine rings is 1. The van der Waals surface area contributed by atoms with Gasteiger partial charge in [0.05, 0.1) is 18.8 Å². The Morgan fingerprint density at radius 2 is 1.70 bits per heavy atom. The molecule has 1 heterocycles. The molecule has 5 nitrogen and oxygen atoms in total. The van der Waals surface area contributed by atoms with E-state index in [0.29, 0.717) is 23.6 Å². The van der Waals surface area contributed by atoms with E-state index in [1.54, 1.807) is 0 Å². The quantitative estimate of drug-likeness (QED) is 0.782. The minimum atomic E-state index is 0.0306. The van der Waals surface area contributed by atoms with E-state index in [-0.39, 0.29) is 18.0 Å². The Labute approximate surface area is 139 Å². The molecule has 1 aromatic carbocycles. The van der Waals surface area contributed by atoms with Gasteiger partial charge in [-0.2, -0.15) is 0 Å². The summed E-state index contributed by atoms with van der Waals surface area (Å²) in [5, 5.41) is 3.29. The Hall–Kier alpha value is -1.59. The Morgan fingerprint density at radius 1 is 1.09 bits per heavy atom. The predicted molar refractivity (Wildman–Crippen MR) is 91.6 cm³/mol. The van der Waals surface area contributed by atoms with Crippen LogP contribution in [0.25, 0.3) is 0 Å². The molecule has 0 radical (unpaired) electrons. The van der Waals surface area contributed by atoms with Gasteiger partial charge in [-0.05, 0) is 45.9 Å². The summed E-state index contributed by atoms with van der Waals surface area (Å²) >= 11 is 0. The minimum absolute atomic E-state index is 0.0306. The molecule has 0 spiro atoms. The molecule has 128 valence electrons. The number of hydrogen-bond donors (Lipinski definition) is 1. The van der Waals surface area contributed by atoms with Crippen molar-refractivity contribution in [3.05, 3.63) is 23.8 Å². The topological polar surface area (TPSA) is 50.8 Å². The van der Waals surface area contributed by atoms with E-state index in [1.807, 2.05) is 45.9 Å². The zero-order chi connectivity index (χ0) is 16.8.